The van der Waals surface area contributed by atoms with E-state index in [-0.39, 0.29) is 10.1 Å². The molecule has 1 aromatic heterocycles. The summed E-state index contributed by atoms with van der Waals surface area (Å²) in [6.45, 7) is 24.6. The maximum atomic E-state index is 13.0. The summed E-state index contributed by atoms with van der Waals surface area (Å²) in [5.41, 5.74) is 2.58. The molecule has 0 unspecified atom stereocenters. The third kappa shape index (κ3) is 7.18. The fraction of sp³-hybridized carbons (Fsp3) is 0.533. The molecule has 0 saturated carbocycles. The maximum absolute atomic E-state index is 13.0. The molecule has 0 aliphatic rings. The van der Waals surface area contributed by atoms with Gasteiger partial charge in [-0.2, -0.15) is 13.2 Å². The van der Waals surface area contributed by atoms with E-state index in [0.717, 1.165) is 41.2 Å². The van der Waals surface area contributed by atoms with Crippen LogP contribution in [-0.4, -0.2) is 31.6 Å². The lowest BCUT2D eigenvalue weighted by Gasteiger charge is -2.39. The van der Waals surface area contributed by atoms with Gasteiger partial charge in [0, 0.05) is 11.6 Å². The Morgan fingerprint density at radius 1 is 0.800 bits per heavy atom. The van der Waals surface area contributed by atoms with Gasteiger partial charge in [0.1, 0.15) is 17.2 Å². The molecule has 0 radical (unpaired) electrons. The minimum atomic E-state index is -4.36. The zero-order valence-electron chi connectivity index (χ0n) is 25.7. The van der Waals surface area contributed by atoms with Crippen molar-refractivity contribution in [2.75, 3.05) is 0 Å². The number of aromatic nitrogens is 3. The van der Waals surface area contributed by atoms with E-state index >= 15 is 0 Å². The second kappa shape index (κ2) is 11.0. The first kappa shape index (κ1) is 31.9. The lowest BCUT2D eigenvalue weighted by atomic mass is 10.0. The summed E-state index contributed by atoms with van der Waals surface area (Å²) < 4.78 is 54.2. The molecule has 0 N–H and O–H groups in total. The molecule has 3 rings (SSSR count). The van der Waals surface area contributed by atoms with E-state index in [4.69, 9.17) is 8.85 Å². The smallest absolute Gasteiger partial charge is 0.416 e. The Labute approximate surface area is 239 Å². The number of alkyl halides is 3. The first-order valence-electron chi connectivity index (χ1n) is 13.8. The highest BCUT2D eigenvalue weighted by Crippen LogP contribution is 2.44. The molecule has 1 heterocycles. The number of nitrogens with zero attached hydrogens (tertiary/aromatic N) is 3. The summed E-state index contributed by atoms with van der Waals surface area (Å²) in [5.74, 6) is 1.57. The molecular formula is C30H44F3N3O2Si2. The van der Waals surface area contributed by atoms with Crippen LogP contribution in [0.1, 0.15) is 65.2 Å². The SMILES string of the molecule is CCc1cc(-c2cn(Cc3ccc(C(F)(F)F)cc3)nn2)c(O[Si](C)(C)C(C)(C)C)cc1O[Si](C)(C)C(C)(C)C. The van der Waals surface area contributed by atoms with Crippen molar-refractivity contribution in [1.29, 1.82) is 0 Å². The van der Waals surface area contributed by atoms with E-state index in [0.29, 0.717) is 17.8 Å². The Balaban J connectivity index is 2.05. The van der Waals surface area contributed by atoms with E-state index in [1.54, 1.807) is 4.68 Å². The van der Waals surface area contributed by atoms with Crippen LogP contribution in [0.4, 0.5) is 13.2 Å². The van der Waals surface area contributed by atoms with Crippen LogP contribution in [-0.2, 0) is 19.1 Å². The zero-order valence-corrected chi connectivity index (χ0v) is 27.7. The van der Waals surface area contributed by atoms with E-state index in [1.165, 1.54) is 12.1 Å². The molecule has 5 nitrogen and oxygen atoms in total. The van der Waals surface area contributed by atoms with Gasteiger partial charge in [0.05, 0.1) is 18.3 Å². The average Bonchev–Trinajstić information content (AvgIpc) is 3.25. The number of hydrogen-bond donors (Lipinski definition) is 0. The van der Waals surface area contributed by atoms with Gasteiger partial charge in [-0.3, -0.25) is 0 Å². The van der Waals surface area contributed by atoms with Crippen LogP contribution >= 0.6 is 0 Å². The number of hydrogen-bond acceptors (Lipinski definition) is 4. The predicted octanol–water partition coefficient (Wildman–Crippen LogP) is 9.34. The molecule has 2 aromatic carbocycles. The standard InChI is InChI=1S/C30H44F3N3O2Si2/c1-12-22-17-24(25-20-36(35-34-25)19-21-13-15-23(16-14-21)30(31,32)33)27(38-40(10,11)29(5,6)7)18-26(22)37-39(8,9)28(2,3)4/h13-18,20H,12,19H2,1-11H3. The van der Waals surface area contributed by atoms with Crippen molar-refractivity contribution in [3.05, 3.63) is 59.3 Å². The predicted molar refractivity (Wildman–Crippen MR) is 161 cm³/mol. The first-order valence-corrected chi connectivity index (χ1v) is 19.6. The summed E-state index contributed by atoms with van der Waals surface area (Å²) in [6.07, 6.45) is -1.77. The van der Waals surface area contributed by atoms with Gasteiger partial charge in [-0.1, -0.05) is 65.8 Å². The van der Waals surface area contributed by atoms with Crippen molar-refractivity contribution in [2.45, 2.75) is 104 Å². The van der Waals surface area contributed by atoms with Crippen LogP contribution in [0.3, 0.4) is 0 Å². The molecule has 0 aliphatic heterocycles. The Morgan fingerprint density at radius 3 is 1.80 bits per heavy atom. The van der Waals surface area contributed by atoms with E-state index in [1.807, 2.05) is 12.3 Å². The first-order chi connectivity index (χ1) is 18.1. The van der Waals surface area contributed by atoms with E-state index < -0.39 is 28.4 Å². The minimum absolute atomic E-state index is 0.0195. The summed E-state index contributed by atoms with van der Waals surface area (Å²) in [7, 11) is -4.33. The Bertz CT molecular complexity index is 1320. The van der Waals surface area contributed by atoms with Gasteiger partial charge in [0.25, 0.3) is 8.32 Å². The summed E-state index contributed by atoms with van der Waals surface area (Å²) in [5, 5.41) is 8.76. The number of halogens is 3. The molecule has 0 amide bonds. The van der Waals surface area contributed by atoms with Crippen LogP contribution in [0.2, 0.25) is 36.3 Å². The van der Waals surface area contributed by atoms with Crippen molar-refractivity contribution in [3.63, 3.8) is 0 Å². The number of aryl methyl sites for hydroxylation is 1. The topological polar surface area (TPSA) is 49.2 Å². The van der Waals surface area contributed by atoms with Gasteiger partial charge in [-0.15, -0.1) is 5.10 Å². The second-order valence-corrected chi connectivity index (χ2v) is 23.0. The van der Waals surface area contributed by atoms with Crippen molar-refractivity contribution < 1.29 is 22.0 Å². The second-order valence-electron chi connectivity index (χ2n) is 13.5. The molecular weight excluding hydrogens is 548 g/mol. The Morgan fingerprint density at radius 2 is 1.32 bits per heavy atom. The Kier molecular flexibility index (Phi) is 8.78. The third-order valence-electron chi connectivity index (χ3n) is 8.33. The van der Waals surface area contributed by atoms with Crippen molar-refractivity contribution in [3.8, 4) is 22.8 Å². The van der Waals surface area contributed by atoms with Gasteiger partial charge >= 0.3 is 6.18 Å². The highest BCUT2D eigenvalue weighted by molar-refractivity contribution is 6.75. The van der Waals surface area contributed by atoms with Gasteiger partial charge in [-0.05, 0) is 72.0 Å². The molecule has 0 fully saturated rings. The monoisotopic (exact) mass is 591 g/mol. The Hall–Kier alpha value is -2.60. The summed E-state index contributed by atoms with van der Waals surface area (Å²) in [4.78, 5) is 0. The van der Waals surface area contributed by atoms with E-state index in [2.05, 4.69) is 91.0 Å². The molecule has 3 aromatic rings. The fourth-order valence-electron chi connectivity index (χ4n) is 3.60. The van der Waals surface area contributed by atoms with Crippen LogP contribution < -0.4 is 8.85 Å². The van der Waals surface area contributed by atoms with Gasteiger partial charge in [0.15, 0.2) is 0 Å². The largest absolute Gasteiger partial charge is 0.543 e. The molecule has 0 bridgehead atoms. The third-order valence-corrected chi connectivity index (χ3v) is 17.0. The fourth-order valence-corrected chi connectivity index (χ4v) is 5.67. The molecule has 220 valence electrons. The highest BCUT2D eigenvalue weighted by Gasteiger charge is 2.41. The number of rotatable bonds is 8. The average molecular weight is 592 g/mol. The van der Waals surface area contributed by atoms with Crippen molar-refractivity contribution in [2.24, 2.45) is 0 Å². The normalized spacial score (nSPS) is 13.4. The highest BCUT2D eigenvalue weighted by atomic mass is 28.4. The molecule has 0 spiro atoms. The zero-order chi connectivity index (χ0) is 30.3. The molecule has 0 aliphatic carbocycles. The maximum Gasteiger partial charge on any atom is 0.416 e. The summed E-state index contributed by atoms with van der Waals surface area (Å²) >= 11 is 0. The van der Waals surface area contributed by atoms with Crippen LogP contribution in [0.25, 0.3) is 11.3 Å². The lowest BCUT2D eigenvalue weighted by Crippen LogP contribution is -2.44. The quantitative estimate of drug-likeness (QED) is 0.245. The lowest BCUT2D eigenvalue weighted by molar-refractivity contribution is -0.137. The van der Waals surface area contributed by atoms with Crippen LogP contribution in [0, 0.1) is 0 Å². The molecule has 40 heavy (non-hydrogen) atoms. The van der Waals surface area contributed by atoms with Gasteiger partial charge in [-0.25, -0.2) is 4.68 Å². The van der Waals surface area contributed by atoms with Crippen LogP contribution in [0.5, 0.6) is 11.5 Å². The molecule has 0 atom stereocenters. The minimum Gasteiger partial charge on any atom is -0.543 e. The summed E-state index contributed by atoms with van der Waals surface area (Å²) in [6, 6.07) is 9.25. The molecule has 10 heteroatoms. The molecule has 0 saturated heterocycles. The number of benzene rings is 2. The van der Waals surface area contributed by atoms with Crippen molar-refractivity contribution >= 4 is 16.6 Å². The van der Waals surface area contributed by atoms with Gasteiger partial charge in [0.2, 0.25) is 8.32 Å². The van der Waals surface area contributed by atoms with Crippen LogP contribution in [0.15, 0.2) is 42.6 Å². The van der Waals surface area contributed by atoms with Gasteiger partial charge < -0.3 is 8.85 Å². The van der Waals surface area contributed by atoms with E-state index in [9.17, 15) is 13.2 Å². The van der Waals surface area contributed by atoms with Crippen molar-refractivity contribution in [1.82, 2.24) is 15.0 Å².